The Morgan fingerprint density at radius 3 is 2.88 bits per heavy atom. The summed E-state index contributed by atoms with van der Waals surface area (Å²) in [5.41, 5.74) is 0. The number of nitrogens with one attached hydrogen (secondary N) is 1. The summed E-state index contributed by atoms with van der Waals surface area (Å²) >= 11 is 0. The Morgan fingerprint density at radius 1 is 1.41 bits per heavy atom. The highest BCUT2D eigenvalue weighted by Crippen LogP contribution is 2.14. The van der Waals surface area contributed by atoms with Gasteiger partial charge in [0.05, 0.1) is 6.33 Å². The van der Waals surface area contributed by atoms with Crippen LogP contribution in [0, 0.1) is 0 Å². The number of likely N-dealkylation sites (tertiary alicyclic amines) is 1. The molecule has 96 valence electrons. The first kappa shape index (κ1) is 12.6. The van der Waals surface area contributed by atoms with Crippen molar-refractivity contribution in [2.45, 2.75) is 51.9 Å². The number of hydrogen-bond donors (Lipinski definition) is 1. The third kappa shape index (κ3) is 3.54. The standard InChI is InChI=1S/C13H24N4/c1-11(2)15-13-4-6-17(9-13)12(3)8-16-7-5-14-10-16/h5,7,10-13,15H,4,6,8-9H2,1-3H3. The lowest BCUT2D eigenvalue weighted by atomic mass is 10.2. The molecule has 0 bridgehead atoms. The molecule has 1 aliphatic rings. The van der Waals surface area contributed by atoms with E-state index in [4.69, 9.17) is 0 Å². The van der Waals surface area contributed by atoms with Crippen LogP contribution in [0.4, 0.5) is 0 Å². The molecule has 0 aromatic carbocycles. The predicted molar refractivity (Wildman–Crippen MR) is 69.9 cm³/mol. The summed E-state index contributed by atoms with van der Waals surface area (Å²) in [5.74, 6) is 0. The molecule has 1 aromatic rings. The van der Waals surface area contributed by atoms with Crippen molar-refractivity contribution < 1.29 is 0 Å². The molecule has 4 nitrogen and oxygen atoms in total. The highest BCUT2D eigenvalue weighted by molar-refractivity contribution is 4.86. The van der Waals surface area contributed by atoms with Crippen LogP contribution in [0.5, 0.6) is 0 Å². The van der Waals surface area contributed by atoms with Crippen LogP contribution >= 0.6 is 0 Å². The Hall–Kier alpha value is -0.870. The van der Waals surface area contributed by atoms with Gasteiger partial charge in [-0.25, -0.2) is 4.98 Å². The Labute approximate surface area is 104 Å². The molecule has 1 saturated heterocycles. The molecule has 1 aromatic heterocycles. The minimum absolute atomic E-state index is 0.586. The monoisotopic (exact) mass is 236 g/mol. The molecule has 4 heteroatoms. The minimum atomic E-state index is 0.586. The average Bonchev–Trinajstić information content (AvgIpc) is 2.87. The second-order valence-corrected chi connectivity index (χ2v) is 5.41. The van der Waals surface area contributed by atoms with E-state index >= 15 is 0 Å². The summed E-state index contributed by atoms with van der Waals surface area (Å²) < 4.78 is 2.16. The quantitative estimate of drug-likeness (QED) is 0.837. The topological polar surface area (TPSA) is 33.1 Å². The number of imidazole rings is 1. The third-order valence-electron chi connectivity index (χ3n) is 3.45. The summed E-state index contributed by atoms with van der Waals surface area (Å²) in [6.45, 7) is 10.2. The second kappa shape index (κ2) is 5.65. The molecule has 2 atom stereocenters. The van der Waals surface area contributed by atoms with Crippen molar-refractivity contribution in [3.63, 3.8) is 0 Å². The second-order valence-electron chi connectivity index (χ2n) is 5.41. The van der Waals surface area contributed by atoms with Crippen LogP contribution in [0.1, 0.15) is 27.2 Å². The van der Waals surface area contributed by atoms with E-state index < -0.39 is 0 Å². The fraction of sp³-hybridized carbons (Fsp3) is 0.769. The van der Waals surface area contributed by atoms with E-state index in [1.54, 1.807) is 0 Å². The van der Waals surface area contributed by atoms with Gasteiger partial charge in [0.2, 0.25) is 0 Å². The molecule has 2 heterocycles. The molecule has 1 fully saturated rings. The summed E-state index contributed by atoms with van der Waals surface area (Å²) in [6, 6.07) is 1.84. The van der Waals surface area contributed by atoms with Crippen molar-refractivity contribution in [3.8, 4) is 0 Å². The molecular formula is C13H24N4. The van der Waals surface area contributed by atoms with Crippen molar-refractivity contribution in [2.75, 3.05) is 13.1 Å². The first-order valence-electron chi connectivity index (χ1n) is 6.61. The van der Waals surface area contributed by atoms with E-state index in [9.17, 15) is 0 Å². The van der Waals surface area contributed by atoms with E-state index in [-0.39, 0.29) is 0 Å². The Kier molecular flexibility index (Phi) is 4.18. The molecule has 2 rings (SSSR count). The van der Waals surface area contributed by atoms with E-state index in [1.165, 1.54) is 19.5 Å². The van der Waals surface area contributed by atoms with Gasteiger partial charge in [-0.1, -0.05) is 13.8 Å². The maximum atomic E-state index is 4.09. The van der Waals surface area contributed by atoms with Crippen molar-refractivity contribution >= 4 is 0 Å². The highest BCUT2D eigenvalue weighted by atomic mass is 15.2. The molecule has 0 saturated carbocycles. The molecular weight excluding hydrogens is 212 g/mol. The van der Waals surface area contributed by atoms with Crippen molar-refractivity contribution in [2.24, 2.45) is 0 Å². The molecule has 1 N–H and O–H groups in total. The SMILES string of the molecule is CC(C)NC1CCN(C(C)Cn2ccnc2)C1. The van der Waals surface area contributed by atoms with Crippen molar-refractivity contribution in [1.29, 1.82) is 0 Å². The van der Waals surface area contributed by atoms with Gasteiger partial charge < -0.3 is 9.88 Å². The Morgan fingerprint density at radius 2 is 2.24 bits per heavy atom. The van der Waals surface area contributed by atoms with Gasteiger partial charge >= 0.3 is 0 Å². The summed E-state index contributed by atoms with van der Waals surface area (Å²) in [6.07, 6.45) is 7.05. The van der Waals surface area contributed by atoms with Gasteiger partial charge in [-0.3, -0.25) is 4.90 Å². The lowest BCUT2D eigenvalue weighted by molar-refractivity contribution is 0.228. The number of rotatable bonds is 5. The molecule has 17 heavy (non-hydrogen) atoms. The van der Waals surface area contributed by atoms with E-state index in [0.717, 1.165) is 6.54 Å². The molecule has 1 aliphatic heterocycles. The fourth-order valence-corrected chi connectivity index (χ4v) is 2.61. The number of hydrogen-bond acceptors (Lipinski definition) is 3. The van der Waals surface area contributed by atoms with Crippen LogP contribution < -0.4 is 5.32 Å². The van der Waals surface area contributed by atoms with Crippen molar-refractivity contribution in [1.82, 2.24) is 19.8 Å². The lowest BCUT2D eigenvalue weighted by Crippen LogP contribution is -2.40. The summed E-state index contributed by atoms with van der Waals surface area (Å²) in [4.78, 5) is 6.66. The highest BCUT2D eigenvalue weighted by Gasteiger charge is 2.26. The zero-order valence-electron chi connectivity index (χ0n) is 11.1. The number of aromatic nitrogens is 2. The molecule has 0 aliphatic carbocycles. The normalized spacial score (nSPS) is 23.4. The third-order valence-corrected chi connectivity index (χ3v) is 3.45. The maximum absolute atomic E-state index is 4.09. The maximum Gasteiger partial charge on any atom is 0.0946 e. The smallest absolute Gasteiger partial charge is 0.0946 e. The van der Waals surface area contributed by atoms with Crippen LogP contribution in [0.2, 0.25) is 0 Å². The van der Waals surface area contributed by atoms with Crippen LogP contribution in [0.3, 0.4) is 0 Å². The molecule has 0 radical (unpaired) electrons. The largest absolute Gasteiger partial charge is 0.336 e. The zero-order valence-corrected chi connectivity index (χ0v) is 11.1. The first-order chi connectivity index (χ1) is 8.15. The van der Waals surface area contributed by atoms with Gasteiger partial charge in [-0.2, -0.15) is 0 Å². The van der Waals surface area contributed by atoms with E-state index in [1.807, 2.05) is 18.7 Å². The average molecular weight is 236 g/mol. The van der Waals surface area contributed by atoms with Crippen LogP contribution in [-0.2, 0) is 6.54 Å². The van der Waals surface area contributed by atoms with Gasteiger partial charge in [0.15, 0.2) is 0 Å². The Bertz CT molecular complexity index is 320. The zero-order chi connectivity index (χ0) is 12.3. The van der Waals surface area contributed by atoms with Gasteiger partial charge in [0.1, 0.15) is 0 Å². The van der Waals surface area contributed by atoms with Crippen LogP contribution in [-0.4, -0.2) is 45.7 Å². The van der Waals surface area contributed by atoms with Gasteiger partial charge in [-0.15, -0.1) is 0 Å². The summed E-state index contributed by atoms with van der Waals surface area (Å²) in [5, 5.41) is 3.62. The van der Waals surface area contributed by atoms with E-state index in [0.29, 0.717) is 18.1 Å². The van der Waals surface area contributed by atoms with Crippen molar-refractivity contribution in [3.05, 3.63) is 18.7 Å². The van der Waals surface area contributed by atoms with Gasteiger partial charge in [-0.05, 0) is 13.3 Å². The number of nitrogens with zero attached hydrogens (tertiary/aromatic N) is 3. The minimum Gasteiger partial charge on any atom is -0.336 e. The first-order valence-corrected chi connectivity index (χ1v) is 6.61. The van der Waals surface area contributed by atoms with E-state index in [2.05, 4.69) is 40.5 Å². The molecule has 0 spiro atoms. The van der Waals surface area contributed by atoms with Crippen LogP contribution in [0.25, 0.3) is 0 Å². The predicted octanol–water partition coefficient (Wildman–Crippen LogP) is 1.34. The summed E-state index contributed by atoms with van der Waals surface area (Å²) in [7, 11) is 0. The van der Waals surface area contributed by atoms with Gasteiger partial charge in [0, 0.05) is 50.2 Å². The lowest BCUT2D eigenvalue weighted by Gasteiger charge is -2.25. The van der Waals surface area contributed by atoms with Gasteiger partial charge in [0.25, 0.3) is 0 Å². The molecule has 2 unspecified atom stereocenters. The Balaban J connectivity index is 1.79. The van der Waals surface area contributed by atoms with Crippen LogP contribution in [0.15, 0.2) is 18.7 Å². The molecule has 0 amide bonds. The fourth-order valence-electron chi connectivity index (χ4n) is 2.61.